The normalized spacial score (nSPS) is 11.4. The van der Waals surface area contributed by atoms with Gasteiger partial charge in [0.25, 0.3) is 0 Å². The minimum Gasteiger partial charge on any atom is -0.461 e. The first-order valence-corrected chi connectivity index (χ1v) is 8.99. The Morgan fingerprint density at radius 3 is 2.55 bits per heavy atom. The topological polar surface area (TPSA) is 51.2 Å². The van der Waals surface area contributed by atoms with Crippen molar-refractivity contribution in [2.45, 2.75) is 45.3 Å². The van der Waals surface area contributed by atoms with E-state index < -0.39 is 0 Å². The maximum atomic E-state index is 11.7. The molecule has 4 nitrogen and oxygen atoms in total. The Labute approximate surface area is 129 Å². The summed E-state index contributed by atoms with van der Waals surface area (Å²) in [7, 11) is 0. The van der Waals surface area contributed by atoms with E-state index in [2.05, 4.69) is 30.4 Å². The monoisotopic (exact) mass is 316 g/mol. The van der Waals surface area contributed by atoms with Gasteiger partial charge in [-0.2, -0.15) is 11.8 Å². The summed E-state index contributed by atoms with van der Waals surface area (Å²) in [5.41, 5.74) is 0.432. The quantitative estimate of drug-likeness (QED) is 0.736. The molecule has 1 heterocycles. The van der Waals surface area contributed by atoms with Crippen LogP contribution in [0.4, 0.5) is 5.13 Å². The summed E-state index contributed by atoms with van der Waals surface area (Å²) in [5.74, 6) is -0.337. The number of aromatic nitrogens is 1. The van der Waals surface area contributed by atoms with Crippen molar-refractivity contribution in [3.05, 3.63) is 10.6 Å². The third-order valence-corrected chi connectivity index (χ3v) is 6.07. The largest absolute Gasteiger partial charge is 0.461 e. The highest BCUT2D eigenvalue weighted by molar-refractivity contribution is 8.00. The average molecular weight is 316 g/mol. The molecule has 1 N–H and O–H groups in total. The van der Waals surface area contributed by atoms with Gasteiger partial charge in [-0.05, 0) is 32.9 Å². The summed E-state index contributed by atoms with van der Waals surface area (Å²) < 4.78 is 5.23. The van der Waals surface area contributed by atoms with Gasteiger partial charge in [-0.15, -0.1) is 11.3 Å². The first-order valence-electron chi connectivity index (χ1n) is 6.95. The van der Waals surface area contributed by atoms with Gasteiger partial charge in [-0.3, -0.25) is 0 Å². The minimum atomic E-state index is -0.337. The Kier molecular flexibility index (Phi) is 6.82. The molecular weight excluding hydrogens is 292 g/mol. The summed E-state index contributed by atoms with van der Waals surface area (Å²) in [5, 5.41) is 4.17. The van der Waals surface area contributed by atoms with E-state index in [9.17, 15) is 4.79 Å². The smallest absolute Gasteiger partial charge is 0.358 e. The molecule has 0 unspecified atom stereocenters. The summed E-state index contributed by atoms with van der Waals surface area (Å²) in [6.45, 7) is 9.35. The number of aryl methyl sites for hydroxylation is 1. The van der Waals surface area contributed by atoms with Crippen molar-refractivity contribution in [2.75, 3.05) is 24.7 Å². The molecule has 0 aliphatic carbocycles. The van der Waals surface area contributed by atoms with E-state index in [1.165, 1.54) is 11.3 Å². The van der Waals surface area contributed by atoms with Gasteiger partial charge in [0.15, 0.2) is 10.8 Å². The molecule has 0 saturated heterocycles. The molecular formula is C14H24N2O2S2. The van der Waals surface area contributed by atoms with Crippen LogP contribution in [0.2, 0.25) is 0 Å². The van der Waals surface area contributed by atoms with Gasteiger partial charge in [0.05, 0.1) is 6.61 Å². The van der Waals surface area contributed by atoms with Crippen LogP contribution in [0.15, 0.2) is 0 Å². The van der Waals surface area contributed by atoms with E-state index in [1.807, 2.05) is 18.7 Å². The lowest BCUT2D eigenvalue weighted by atomic mass is 10.0. The number of thioether (sulfide) groups is 1. The molecule has 0 atom stereocenters. The predicted molar refractivity (Wildman–Crippen MR) is 88.1 cm³/mol. The van der Waals surface area contributed by atoms with Crippen LogP contribution in [0.1, 0.15) is 49.0 Å². The summed E-state index contributed by atoms with van der Waals surface area (Å²) in [6.07, 6.45) is 4.35. The van der Waals surface area contributed by atoms with Crippen molar-refractivity contribution in [3.63, 3.8) is 0 Å². The molecule has 0 radical (unpaired) electrons. The van der Waals surface area contributed by atoms with Crippen LogP contribution < -0.4 is 5.32 Å². The first kappa shape index (κ1) is 17.3. The van der Waals surface area contributed by atoms with E-state index in [-0.39, 0.29) is 10.7 Å². The molecule has 114 valence electrons. The van der Waals surface area contributed by atoms with Crippen molar-refractivity contribution in [1.82, 2.24) is 4.98 Å². The number of hydrogen-bond acceptors (Lipinski definition) is 6. The number of carbonyl (C=O) groups excluding carboxylic acids is 1. The van der Waals surface area contributed by atoms with E-state index in [0.717, 1.165) is 29.4 Å². The van der Waals surface area contributed by atoms with Crippen LogP contribution in [0, 0.1) is 6.92 Å². The van der Waals surface area contributed by atoms with Crippen LogP contribution in [0.5, 0.6) is 0 Å². The number of esters is 1. The van der Waals surface area contributed by atoms with E-state index in [1.54, 1.807) is 6.92 Å². The van der Waals surface area contributed by atoms with Gasteiger partial charge in [-0.25, -0.2) is 9.78 Å². The number of ether oxygens (including phenoxy) is 1. The zero-order valence-electron chi connectivity index (χ0n) is 12.9. The van der Waals surface area contributed by atoms with E-state index in [0.29, 0.717) is 12.3 Å². The van der Waals surface area contributed by atoms with Crippen LogP contribution in [-0.2, 0) is 4.74 Å². The number of anilines is 1. The molecule has 1 aromatic rings. The SMILES string of the molecule is CCOC(=O)c1nc(NCC(CC)(CC)SC)sc1C. The average Bonchev–Trinajstić information content (AvgIpc) is 2.83. The second kappa shape index (κ2) is 7.88. The summed E-state index contributed by atoms with van der Waals surface area (Å²) in [6, 6.07) is 0. The lowest BCUT2D eigenvalue weighted by molar-refractivity contribution is 0.0519. The van der Waals surface area contributed by atoms with Gasteiger partial charge in [0.1, 0.15) is 0 Å². The van der Waals surface area contributed by atoms with Crippen molar-refractivity contribution in [3.8, 4) is 0 Å². The standard InChI is InChI=1S/C14H24N2O2S2/c1-6-14(7-2,19-5)9-15-13-16-11(10(4)20-13)12(17)18-8-3/h6-9H2,1-5H3,(H,15,16). The van der Waals surface area contributed by atoms with Crippen molar-refractivity contribution < 1.29 is 9.53 Å². The lowest BCUT2D eigenvalue weighted by Gasteiger charge is -2.29. The predicted octanol–water partition coefficient (Wildman–Crippen LogP) is 3.96. The highest BCUT2D eigenvalue weighted by Gasteiger charge is 2.25. The molecule has 0 aliphatic rings. The van der Waals surface area contributed by atoms with Crippen LogP contribution >= 0.6 is 23.1 Å². The van der Waals surface area contributed by atoms with Gasteiger partial charge < -0.3 is 10.1 Å². The number of rotatable bonds is 8. The number of nitrogens with zero attached hydrogens (tertiary/aromatic N) is 1. The third-order valence-electron chi connectivity index (χ3n) is 3.55. The van der Waals surface area contributed by atoms with Crippen LogP contribution in [-0.4, -0.2) is 35.1 Å². The molecule has 0 fully saturated rings. The summed E-state index contributed by atoms with van der Waals surface area (Å²) in [4.78, 5) is 17.0. The maximum absolute atomic E-state index is 11.7. The third kappa shape index (κ3) is 4.12. The Morgan fingerprint density at radius 1 is 1.40 bits per heavy atom. The molecule has 20 heavy (non-hydrogen) atoms. The molecule has 0 aliphatic heterocycles. The minimum absolute atomic E-state index is 0.226. The van der Waals surface area contributed by atoms with Crippen molar-refractivity contribution >= 4 is 34.2 Å². The number of hydrogen-bond donors (Lipinski definition) is 1. The molecule has 6 heteroatoms. The lowest BCUT2D eigenvalue weighted by Crippen LogP contribution is -2.31. The molecule has 0 amide bonds. The van der Waals surface area contributed by atoms with Crippen molar-refractivity contribution in [1.29, 1.82) is 0 Å². The van der Waals surface area contributed by atoms with E-state index >= 15 is 0 Å². The second-order valence-corrected chi connectivity index (χ2v) is 7.07. The number of carbonyl (C=O) groups is 1. The Balaban J connectivity index is 2.75. The molecule has 0 aromatic carbocycles. The second-order valence-electron chi connectivity index (χ2n) is 4.59. The zero-order chi connectivity index (χ0) is 15.2. The van der Waals surface area contributed by atoms with Gasteiger partial charge in [0.2, 0.25) is 0 Å². The molecule has 1 rings (SSSR count). The van der Waals surface area contributed by atoms with Crippen LogP contribution in [0.3, 0.4) is 0 Å². The highest BCUT2D eigenvalue weighted by Crippen LogP contribution is 2.31. The maximum Gasteiger partial charge on any atom is 0.358 e. The first-order chi connectivity index (χ1) is 9.51. The highest BCUT2D eigenvalue weighted by atomic mass is 32.2. The van der Waals surface area contributed by atoms with Gasteiger partial charge in [0, 0.05) is 16.2 Å². The number of thiazole rings is 1. The molecule has 0 saturated carbocycles. The fourth-order valence-corrected chi connectivity index (χ4v) is 3.55. The van der Waals surface area contributed by atoms with Gasteiger partial charge in [-0.1, -0.05) is 13.8 Å². The Hall–Kier alpha value is -0.750. The Morgan fingerprint density at radius 2 is 2.05 bits per heavy atom. The fraction of sp³-hybridized carbons (Fsp3) is 0.714. The van der Waals surface area contributed by atoms with E-state index in [4.69, 9.17) is 4.74 Å². The Bertz CT molecular complexity index is 434. The van der Waals surface area contributed by atoms with Crippen molar-refractivity contribution in [2.24, 2.45) is 0 Å². The molecule has 1 aromatic heterocycles. The number of nitrogens with one attached hydrogen (secondary N) is 1. The van der Waals surface area contributed by atoms with Crippen LogP contribution in [0.25, 0.3) is 0 Å². The molecule has 0 bridgehead atoms. The van der Waals surface area contributed by atoms with Gasteiger partial charge >= 0.3 is 5.97 Å². The molecule has 0 spiro atoms. The fourth-order valence-electron chi connectivity index (χ4n) is 1.96. The zero-order valence-corrected chi connectivity index (χ0v) is 14.5. The summed E-state index contributed by atoms with van der Waals surface area (Å²) >= 11 is 3.39.